The molecule has 24 heavy (non-hydrogen) atoms. The van der Waals surface area contributed by atoms with Crippen molar-refractivity contribution >= 4 is 12.0 Å². The molecule has 1 fully saturated rings. The Labute approximate surface area is 140 Å². The Hall–Kier alpha value is -2.62. The van der Waals surface area contributed by atoms with Crippen molar-refractivity contribution < 1.29 is 13.9 Å². The molecular formula is C20H18FNO2. The van der Waals surface area contributed by atoms with Crippen LogP contribution in [0.5, 0.6) is 5.75 Å². The zero-order chi connectivity index (χ0) is 16.5. The largest absolute Gasteiger partial charge is 0.488 e. The highest BCUT2D eigenvalue weighted by atomic mass is 19.1. The minimum Gasteiger partial charge on any atom is -0.488 e. The van der Waals surface area contributed by atoms with Gasteiger partial charge in [0.15, 0.2) is 0 Å². The first-order valence-corrected chi connectivity index (χ1v) is 8.18. The van der Waals surface area contributed by atoms with Gasteiger partial charge >= 0.3 is 0 Å². The van der Waals surface area contributed by atoms with E-state index in [1.165, 1.54) is 12.1 Å². The van der Waals surface area contributed by atoms with E-state index >= 15 is 0 Å². The van der Waals surface area contributed by atoms with Crippen molar-refractivity contribution in [2.24, 2.45) is 0 Å². The van der Waals surface area contributed by atoms with Crippen molar-refractivity contribution in [2.75, 3.05) is 6.61 Å². The van der Waals surface area contributed by atoms with Gasteiger partial charge in [-0.05, 0) is 42.7 Å². The van der Waals surface area contributed by atoms with Gasteiger partial charge in [0.1, 0.15) is 18.2 Å². The van der Waals surface area contributed by atoms with Gasteiger partial charge in [-0.15, -0.1) is 0 Å². The summed E-state index contributed by atoms with van der Waals surface area (Å²) in [4.78, 5) is 14.8. The first-order chi connectivity index (χ1) is 11.7. The Morgan fingerprint density at radius 1 is 1.12 bits per heavy atom. The van der Waals surface area contributed by atoms with Gasteiger partial charge in [0.2, 0.25) is 0 Å². The van der Waals surface area contributed by atoms with Crippen molar-refractivity contribution in [1.82, 2.24) is 4.90 Å². The van der Waals surface area contributed by atoms with E-state index in [1.807, 2.05) is 35.2 Å². The van der Waals surface area contributed by atoms with Crippen LogP contribution in [0, 0.1) is 5.82 Å². The number of carbonyl (C=O) groups is 1. The van der Waals surface area contributed by atoms with E-state index in [2.05, 4.69) is 0 Å². The van der Waals surface area contributed by atoms with Crippen LogP contribution in [0.25, 0.3) is 6.08 Å². The lowest BCUT2D eigenvalue weighted by atomic mass is 10.1. The fraction of sp³-hybridized carbons (Fsp3) is 0.250. The highest BCUT2D eigenvalue weighted by Crippen LogP contribution is 2.32. The highest BCUT2D eigenvalue weighted by molar-refractivity contribution is 5.99. The van der Waals surface area contributed by atoms with Crippen LogP contribution < -0.4 is 4.74 Å². The second-order valence-corrected chi connectivity index (χ2v) is 6.29. The summed E-state index contributed by atoms with van der Waals surface area (Å²) in [6, 6.07) is 14.3. The smallest absolute Gasteiger partial charge is 0.253 e. The average molecular weight is 323 g/mol. The number of para-hydroxylation sites is 1. The number of ether oxygens (including phenoxy) is 1. The maximum absolute atomic E-state index is 13.1. The molecule has 2 aromatic carbocycles. The number of hydrogen-bond acceptors (Lipinski definition) is 2. The summed E-state index contributed by atoms with van der Waals surface area (Å²) >= 11 is 0. The van der Waals surface area contributed by atoms with Crippen LogP contribution in [0.4, 0.5) is 4.39 Å². The lowest BCUT2D eigenvalue weighted by molar-refractivity contribution is -0.128. The number of carbonyl (C=O) groups excluding carboxylic acids is 1. The lowest BCUT2D eigenvalue weighted by Gasteiger charge is -2.26. The Morgan fingerprint density at radius 2 is 1.88 bits per heavy atom. The number of rotatable bonds is 4. The third-order valence-corrected chi connectivity index (χ3v) is 4.42. The van der Waals surface area contributed by atoms with Gasteiger partial charge in [-0.1, -0.05) is 30.3 Å². The number of fused-ring (bicyclic) bond motifs is 1. The van der Waals surface area contributed by atoms with Gasteiger partial charge in [-0.25, -0.2) is 4.39 Å². The quantitative estimate of drug-likeness (QED) is 0.857. The van der Waals surface area contributed by atoms with Crippen molar-refractivity contribution in [1.29, 1.82) is 0 Å². The monoisotopic (exact) mass is 323 g/mol. The summed E-state index contributed by atoms with van der Waals surface area (Å²) < 4.78 is 18.8. The second kappa shape index (κ2) is 6.11. The number of amides is 1. The Morgan fingerprint density at radius 3 is 2.62 bits per heavy atom. The molecule has 1 amide bonds. The third kappa shape index (κ3) is 3.04. The van der Waals surface area contributed by atoms with E-state index in [-0.39, 0.29) is 17.8 Å². The standard InChI is InChI=1S/C20H18FNO2/c21-17-7-5-14(6-8-17)12-22(18-9-10-18)20(23)16-11-15-3-1-2-4-19(15)24-13-16/h1-8,11,18H,9-10,12-13H2. The number of hydrogen-bond donors (Lipinski definition) is 0. The Balaban J connectivity index is 1.57. The molecule has 2 aromatic rings. The molecule has 0 saturated heterocycles. The predicted molar refractivity (Wildman–Crippen MR) is 89.9 cm³/mol. The molecule has 122 valence electrons. The second-order valence-electron chi connectivity index (χ2n) is 6.29. The van der Waals surface area contributed by atoms with Crippen LogP contribution in [-0.4, -0.2) is 23.5 Å². The fourth-order valence-corrected chi connectivity index (χ4v) is 2.96. The third-order valence-electron chi connectivity index (χ3n) is 4.42. The van der Waals surface area contributed by atoms with Gasteiger partial charge in [0.05, 0.1) is 5.57 Å². The van der Waals surface area contributed by atoms with Crippen LogP contribution in [0.1, 0.15) is 24.0 Å². The lowest BCUT2D eigenvalue weighted by Crippen LogP contribution is -2.35. The van der Waals surface area contributed by atoms with Gasteiger partial charge in [0, 0.05) is 18.2 Å². The minimum absolute atomic E-state index is 0.0105. The van der Waals surface area contributed by atoms with Gasteiger partial charge in [-0.2, -0.15) is 0 Å². The molecule has 3 nitrogen and oxygen atoms in total. The van der Waals surface area contributed by atoms with E-state index < -0.39 is 0 Å². The van der Waals surface area contributed by atoms with Crippen molar-refractivity contribution in [3.05, 3.63) is 71.0 Å². The molecule has 0 spiro atoms. The molecule has 1 aliphatic heterocycles. The summed E-state index contributed by atoms with van der Waals surface area (Å²) in [6.07, 6.45) is 3.97. The summed E-state index contributed by atoms with van der Waals surface area (Å²) in [5.74, 6) is 0.560. The maximum atomic E-state index is 13.1. The molecule has 4 heteroatoms. The number of nitrogens with zero attached hydrogens (tertiary/aromatic N) is 1. The molecule has 1 aliphatic carbocycles. The summed E-state index contributed by atoms with van der Waals surface area (Å²) in [7, 11) is 0. The predicted octanol–water partition coefficient (Wildman–Crippen LogP) is 3.79. The van der Waals surface area contributed by atoms with E-state index in [1.54, 1.807) is 12.1 Å². The Kier molecular flexibility index (Phi) is 3.81. The van der Waals surface area contributed by atoms with Crippen LogP contribution in [0.2, 0.25) is 0 Å². The molecule has 0 N–H and O–H groups in total. The SMILES string of the molecule is O=C(C1=Cc2ccccc2OC1)N(Cc1ccc(F)cc1)C1CC1. The van der Waals surface area contributed by atoms with E-state index in [9.17, 15) is 9.18 Å². The van der Waals surface area contributed by atoms with Crippen molar-refractivity contribution in [3.8, 4) is 5.75 Å². The molecule has 0 aromatic heterocycles. The van der Waals surface area contributed by atoms with E-state index in [0.717, 1.165) is 29.7 Å². The summed E-state index contributed by atoms with van der Waals surface area (Å²) in [5.41, 5.74) is 2.54. The summed E-state index contributed by atoms with van der Waals surface area (Å²) in [6.45, 7) is 0.797. The topological polar surface area (TPSA) is 29.5 Å². The molecule has 1 saturated carbocycles. The number of halogens is 1. The van der Waals surface area contributed by atoms with E-state index in [4.69, 9.17) is 4.74 Å². The molecule has 2 aliphatic rings. The normalized spacial score (nSPS) is 16.0. The van der Waals surface area contributed by atoms with Crippen LogP contribution in [-0.2, 0) is 11.3 Å². The van der Waals surface area contributed by atoms with Crippen LogP contribution in [0.15, 0.2) is 54.1 Å². The van der Waals surface area contributed by atoms with Crippen molar-refractivity contribution in [2.45, 2.75) is 25.4 Å². The zero-order valence-electron chi connectivity index (χ0n) is 13.2. The maximum Gasteiger partial charge on any atom is 0.253 e. The first kappa shape index (κ1) is 14.9. The molecular weight excluding hydrogens is 305 g/mol. The molecule has 0 atom stereocenters. The highest BCUT2D eigenvalue weighted by Gasteiger charge is 2.34. The average Bonchev–Trinajstić information content (AvgIpc) is 3.45. The first-order valence-electron chi connectivity index (χ1n) is 8.18. The van der Waals surface area contributed by atoms with Gasteiger partial charge in [-0.3, -0.25) is 4.79 Å². The van der Waals surface area contributed by atoms with E-state index in [0.29, 0.717) is 18.7 Å². The molecule has 4 rings (SSSR count). The molecule has 0 radical (unpaired) electrons. The number of benzene rings is 2. The zero-order valence-corrected chi connectivity index (χ0v) is 13.2. The molecule has 1 heterocycles. The van der Waals surface area contributed by atoms with Crippen LogP contribution >= 0.6 is 0 Å². The molecule has 0 unspecified atom stereocenters. The Bertz CT molecular complexity index is 794. The van der Waals surface area contributed by atoms with Crippen LogP contribution in [0.3, 0.4) is 0 Å². The minimum atomic E-state index is -0.261. The van der Waals surface area contributed by atoms with Gasteiger partial charge < -0.3 is 9.64 Å². The van der Waals surface area contributed by atoms with Gasteiger partial charge in [0.25, 0.3) is 5.91 Å². The fourth-order valence-electron chi connectivity index (χ4n) is 2.96. The molecule has 0 bridgehead atoms. The summed E-state index contributed by atoms with van der Waals surface area (Å²) in [5, 5.41) is 0. The van der Waals surface area contributed by atoms with Crippen molar-refractivity contribution in [3.63, 3.8) is 0 Å².